The Labute approximate surface area is 315 Å². The van der Waals surface area contributed by atoms with Crippen molar-refractivity contribution >= 4 is 46.6 Å². The summed E-state index contributed by atoms with van der Waals surface area (Å²) < 4.78 is 21.6. The molecular formula is C41H49N3O10. The number of fused-ring (bicyclic) bond motifs is 1. The molecule has 0 saturated carbocycles. The molecule has 2 unspecified atom stereocenters. The highest BCUT2D eigenvalue weighted by molar-refractivity contribution is 6.00. The van der Waals surface area contributed by atoms with Crippen molar-refractivity contribution in [3.05, 3.63) is 65.9 Å². The van der Waals surface area contributed by atoms with Crippen LogP contribution in [0.25, 0.3) is 22.0 Å². The van der Waals surface area contributed by atoms with Crippen molar-refractivity contribution in [1.29, 1.82) is 0 Å². The van der Waals surface area contributed by atoms with Gasteiger partial charge in [0.25, 0.3) is 0 Å². The van der Waals surface area contributed by atoms with Gasteiger partial charge in [-0.05, 0) is 95.5 Å². The minimum absolute atomic E-state index is 0.0712. The third kappa shape index (κ3) is 10.00. The molecule has 2 aliphatic heterocycles. The summed E-state index contributed by atoms with van der Waals surface area (Å²) in [5, 5.41) is 0.766. The molecule has 0 N–H and O–H groups in total. The number of ketones is 2. The van der Waals surface area contributed by atoms with Crippen LogP contribution in [0.2, 0.25) is 0 Å². The summed E-state index contributed by atoms with van der Waals surface area (Å²) in [4.78, 5) is 84.3. The fourth-order valence-electron chi connectivity index (χ4n) is 6.52. The fourth-order valence-corrected chi connectivity index (χ4v) is 6.52. The Balaban J connectivity index is 1.16. The van der Waals surface area contributed by atoms with Gasteiger partial charge in [-0.2, -0.15) is 0 Å². The summed E-state index contributed by atoms with van der Waals surface area (Å²) in [6.07, 6.45) is -0.346. The first-order chi connectivity index (χ1) is 25.3. The quantitative estimate of drug-likeness (QED) is 0.131. The van der Waals surface area contributed by atoms with Gasteiger partial charge < -0.3 is 18.9 Å². The molecule has 2 amide bonds. The maximum Gasteiger partial charge on any atom is 0.411 e. The number of aromatic nitrogens is 1. The van der Waals surface area contributed by atoms with Gasteiger partial charge in [0, 0.05) is 24.0 Å². The molecule has 288 valence electrons. The van der Waals surface area contributed by atoms with Crippen molar-refractivity contribution in [3.63, 3.8) is 0 Å². The molecule has 2 saturated heterocycles. The van der Waals surface area contributed by atoms with E-state index in [4.69, 9.17) is 18.9 Å². The zero-order valence-corrected chi connectivity index (χ0v) is 32.2. The Morgan fingerprint density at radius 1 is 0.648 bits per heavy atom. The molecule has 3 aromatic rings. The highest BCUT2D eigenvalue weighted by atomic mass is 16.6. The molecule has 13 nitrogen and oxygen atoms in total. The number of benzene rings is 2. The summed E-state index contributed by atoms with van der Waals surface area (Å²) in [5.41, 5.74) is 1.31. The Morgan fingerprint density at radius 2 is 1.13 bits per heavy atom. The SMILES string of the molecule is CC1CC(C(=O)OCC(=O)c2ccc(-c3ccc4nc(C(=O)COC(=O)[C@@H]5C[C@H](C)CN5C(=O)OC(C)(C)C)ccc4c3)cc2)N(C(=O)OC(C)(C)C)C1. The summed E-state index contributed by atoms with van der Waals surface area (Å²) in [7, 11) is 0. The highest BCUT2D eigenvalue weighted by Crippen LogP contribution is 2.29. The number of rotatable bonds is 9. The predicted octanol–water partition coefficient (Wildman–Crippen LogP) is 6.64. The van der Waals surface area contributed by atoms with E-state index in [1.54, 1.807) is 84.0 Å². The van der Waals surface area contributed by atoms with Crippen LogP contribution in [0.1, 0.15) is 89.1 Å². The number of esters is 2. The Morgan fingerprint density at radius 3 is 1.63 bits per heavy atom. The van der Waals surface area contributed by atoms with Gasteiger partial charge in [-0.3, -0.25) is 19.4 Å². The maximum absolute atomic E-state index is 13.0. The van der Waals surface area contributed by atoms with Crippen molar-refractivity contribution in [2.75, 3.05) is 26.3 Å². The Kier molecular flexibility index (Phi) is 11.8. The number of hydrogen-bond donors (Lipinski definition) is 0. The van der Waals surface area contributed by atoms with E-state index < -0.39 is 66.4 Å². The monoisotopic (exact) mass is 743 g/mol. The van der Waals surface area contributed by atoms with E-state index in [1.165, 1.54) is 9.80 Å². The van der Waals surface area contributed by atoms with Crippen LogP contribution in [0.3, 0.4) is 0 Å². The summed E-state index contributed by atoms with van der Waals surface area (Å²) in [5.74, 6) is -2.01. The molecule has 13 heteroatoms. The number of nitrogens with zero attached hydrogens (tertiary/aromatic N) is 3. The number of pyridine rings is 1. The minimum Gasteiger partial charge on any atom is -0.456 e. The van der Waals surface area contributed by atoms with Crippen molar-refractivity contribution < 1.29 is 47.7 Å². The molecule has 2 aliphatic rings. The van der Waals surface area contributed by atoms with Gasteiger partial charge in [0.15, 0.2) is 19.0 Å². The van der Waals surface area contributed by atoms with Crippen LogP contribution in [0, 0.1) is 11.8 Å². The number of carbonyl (C=O) groups is 6. The molecule has 54 heavy (non-hydrogen) atoms. The first-order valence-corrected chi connectivity index (χ1v) is 18.2. The van der Waals surface area contributed by atoms with Gasteiger partial charge in [-0.15, -0.1) is 0 Å². The average Bonchev–Trinajstić information content (AvgIpc) is 3.70. The largest absolute Gasteiger partial charge is 0.456 e. The molecular weight excluding hydrogens is 694 g/mol. The smallest absolute Gasteiger partial charge is 0.411 e. The molecule has 1 aromatic heterocycles. The highest BCUT2D eigenvalue weighted by Gasteiger charge is 2.42. The molecule has 3 heterocycles. The maximum atomic E-state index is 13.0. The molecule has 0 bridgehead atoms. The Hall–Kier alpha value is -5.33. The van der Waals surface area contributed by atoms with Gasteiger partial charge in [0.05, 0.1) is 5.52 Å². The van der Waals surface area contributed by atoms with Crippen LogP contribution in [0.4, 0.5) is 9.59 Å². The van der Waals surface area contributed by atoms with Crippen LogP contribution in [-0.2, 0) is 28.5 Å². The van der Waals surface area contributed by atoms with Crippen LogP contribution < -0.4 is 0 Å². The van der Waals surface area contributed by atoms with Crippen LogP contribution in [0.5, 0.6) is 0 Å². The van der Waals surface area contributed by atoms with E-state index in [0.29, 0.717) is 37.0 Å². The Bertz CT molecular complexity index is 1930. The normalized spacial score (nSPS) is 20.1. The van der Waals surface area contributed by atoms with Crippen molar-refractivity contribution in [3.8, 4) is 11.1 Å². The second kappa shape index (κ2) is 16.0. The van der Waals surface area contributed by atoms with E-state index in [1.807, 2.05) is 26.0 Å². The molecule has 4 atom stereocenters. The molecule has 0 spiro atoms. The predicted molar refractivity (Wildman–Crippen MR) is 199 cm³/mol. The number of likely N-dealkylation sites (tertiary alicyclic amines) is 2. The lowest BCUT2D eigenvalue weighted by atomic mass is 10.0. The molecule has 5 rings (SSSR count). The average molecular weight is 744 g/mol. The van der Waals surface area contributed by atoms with Gasteiger partial charge in [-0.1, -0.05) is 50.2 Å². The first-order valence-electron chi connectivity index (χ1n) is 18.2. The summed E-state index contributed by atoms with van der Waals surface area (Å²) in [6.45, 7) is 14.1. The lowest BCUT2D eigenvalue weighted by molar-refractivity contribution is -0.148. The van der Waals surface area contributed by atoms with E-state index in [0.717, 1.165) is 16.5 Å². The fraction of sp³-hybridized carbons (Fsp3) is 0.488. The zero-order chi connectivity index (χ0) is 39.5. The molecule has 0 aliphatic carbocycles. The number of carbonyl (C=O) groups excluding carboxylic acids is 6. The number of ether oxygens (including phenoxy) is 4. The van der Waals surface area contributed by atoms with E-state index in [2.05, 4.69) is 4.98 Å². The van der Waals surface area contributed by atoms with Crippen LogP contribution >= 0.6 is 0 Å². The summed E-state index contributed by atoms with van der Waals surface area (Å²) >= 11 is 0. The van der Waals surface area contributed by atoms with Crippen molar-refractivity contribution in [2.24, 2.45) is 11.8 Å². The third-order valence-electron chi connectivity index (χ3n) is 9.03. The topological polar surface area (TPSA) is 159 Å². The molecule has 2 fully saturated rings. The van der Waals surface area contributed by atoms with Gasteiger partial charge in [0.2, 0.25) is 5.78 Å². The van der Waals surface area contributed by atoms with Crippen LogP contribution in [-0.4, -0.2) is 100 Å². The number of hydrogen-bond acceptors (Lipinski definition) is 11. The van der Waals surface area contributed by atoms with Crippen LogP contribution in [0.15, 0.2) is 54.6 Å². The lowest BCUT2D eigenvalue weighted by Gasteiger charge is -2.27. The first kappa shape index (κ1) is 39.9. The van der Waals surface area contributed by atoms with E-state index in [9.17, 15) is 28.8 Å². The second-order valence-corrected chi connectivity index (χ2v) is 16.2. The minimum atomic E-state index is -0.834. The summed E-state index contributed by atoms with van der Waals surface area (Å²) in [6, 6.07) is 14.1. The van der Waals surface area contributed by atoms with Crippen molar-refractivity contribution in [2.45, 2.75) is 91.5 Å². The second-order valence-electron chi connectivity index (χ2n) is 16.2. The standard InChI is InChI=1S/C41H49N3O10/c1-24-17-32(43(20-24)38(49)53-40(3,4)5)36(47)51-22-34(45)27-11-9-26(10-12-27)28-13-15-30-29(19-28)14-16-31(42-30)35(46)23-52-37(48)33-18-25(2)21-44(33)39(50)54-41(6,7)8/h9-16,19,24-25,32-33H,17-18,20-23H2,1-8H3/t24?,25-,32?,33-/m0/s1. The van der Waals surface area contributed by atoms with E-state index >= 15 is 0 Å². The lowest BCUT2D eigenvalue weighted by Crippen LogP contribution is -2.44. The van der Waals surface area contributed by atoms with Gasteiger partial charge in [-0.25, -0.2) is 24.2 Å². The number of Topliss-reactive ketones (excluding diaryl/α,β-unsaturated/α-hetero) is 2. The molecule has 2 aromatic carbocycles. The zero-order valence-electron chi connectivity index (χ0n) is 32.2. The van der Waals surface area contributed by atoms with E-state index in [-0.39, 0.29) is 23.3 Å². The van der Waals surface area contributed by atoms with Gasteiger partial charge >= 0.3 is 24.1 Å². The molecule has 0 radical (unpaired) electrons. The third-order valence-corrected chi connectivity index (χ3v) is 9.03. The van der Waals surface area contributed by atoms with Gasteiger partial charge in [0.1, 0.15) is 29.0 Å². The van der Waals surface area contributed by atoms with Crippen molar-refractivity contribution in [1.82, 2.24) is 14.8 Å². The number of amides is 2.